The number of nitrogens with zero attached hydrogens (tertiary/aromatic N) is 1. The van der Waals surface area contributed by atoms with Gasteiger partial charge in [0.05, 0.1) is 21.5 Å². The minimum absolute atomic E-state index is 0.0350. The Morgan fingerprint density at radius 2 is 1.69 bits per heavy atom. The Labute approximate surface area is 207 Å². The monoisotopic (exact) mass is 506 g/mol. The molecular weight excluding hydrogens is 480 g/mol. The summed E-state index contributed by atoms with van der Waals surface area (Å²) in [5.41, 5.74) is 2.47. The van der Waals surface area contributed by atoms with E-state index in [-0.39, 0.29) is 17.9 Å². The molecule has 1 amide bonds. The number of benzene rings is 3. The molecule has 4 aromatic rings. The first kappa shape index (κ1) is 24.9. The first-order valence-corrected chi connectivity index (χ1v) is 12.8. The molecule has 0 saturated carbocycles. The van der Waals surface area contributed by atoms with Crippen LogP contribution in [0.1, 0.15) is 23.1 Å². The fourth-order valence-corrected chi connectivity index (χ4v) is 5.40. The van der Waals surface area contributed by atoms with Gasteiger partial charge in [0, 0.05) is 18.7 Å². The first-order valence-electron chi connectivity index (χ1n) is 11.3. The van der Waals surface area contributed by atoms with Crippen molar-refractivity contribution in [3.8, 4) is 0 Å². The Morgan fingerprint density at radius 1 is 0.944 bits per heavy atom. The Bertz CT molecular complexity index is 1700. The summed E-state index contributed by atoms with van der Waals surface area (Å²) in [4.78, 5) is 39.3. The van der Waals surface area contributed by atoms with E-state index in [4.69, 9.17) is 0 Å². The van der Waals surface area contributed by atoms with Gasteiger partial charge in [0.1, 0.15) is 0 Å². The number of nitrogens with one attached hydrogen (secondary N) is 3. The second kappa shape index (κ2) is 9.82. The highest BCUT2D eigenvalue weighted by Crippen LogP contribution is 2.25. The minimum Gasteiger partial charge on any atom is -0.326 e. The first-order chi connectivity index (χ1) is 17.0. The summed E-state index contributed by atoms with van der Waals surface area (Å²) in [6.07, 6.45) is -0.0628. The van der Waals surface area contributed by atoms with E-state index in [2.05, 4.69) is 15.0 Å². The van der Waals surface area contributed by atoms with Crippen molar-refractivity contribution >= 4 is 38.2 Å². The zero-order valence-electron chi connectivity index (χ0n) is 20.1. The molecule has 0 radical (unpaired) electrons. The molecule has 0 spiro atoms. The number of carbonyl (C=O) groups is 1. The van der Waals surface area contributed by atoms with Gasteiger partial charge in [-0.15, -0.1) is 0 Å². The number of fused-ring (bicyclic) bond motifs is 1. The second-order valence-corrected chi connectivity index (χ2v) is 10.3. The van der Waals surface area contributed by atoms with Crippen LogP contribution < -0.4 is 21.3 Å². The van der Waals surface area contributed by atoms with Gasteiger partial charge in [-0.3, -0.25) is 23.9 Å². The van der Waals surface area contributed by atoms with E-state index < -0.39 is 27.2 Å². The van der Waals surface area contributed by atoms with Crippen LogP contribution in [0.5, 0.6) is 0 Å². The highest BCUT2D eigenvalue weighted by atomic mass is 32.2. The van der Waals surface area contributed by atoms with Crippen LogP contribution >= 0.6 is 0 Å². The molecule has 36 heavy (non-hydrogen) atoms. The Kier molecular flexibility index (Phi) is 6.80. The van der Waals surface area contributed by atoms with Gasteiger partial charge in [-0.25, -0.2) is 13.2 Å². The number of sulfonamides is 1. The van der Waals surface area contributed by atoms with Crippen molar-refractivity contribution in [1.82, 2.24) is 9.55 Å². The topological polar surface area (TPSA) is 130 Å². The van der Waals surface area contributed by atoms with Crippen molar-refractivity contribution in [2.75, 3.05) is 10.0 Å². The third kappa shape index (κ3) is 5.23. The summed E-state index contributed by atoms with van der Waals surface area (Å²) in [5, 5.41) is 3.04. The van der Waals surface area contributed by atoms with Crippen molar-refractivity contribution in [1.29, 1.82) is 0 Å². The molecule has 1 aromatic heterocycles. The van der Waals surface area contributed by atoms with Crippen LogP contribution in [0.3, 0.4) is 0 Å². The van der Waals surface area contributed by atoms with Gasteiger partial charge in [0.2, 0.25) is 5.91 Å². The second-order valence-electron chi connectivity index (χ2n) is 8.63. The lowest BCUT2D eigenvalue weighted by Gasteiger charge is -2.14. The molecule has 0 fully saturated rings. The average Bonchev–Trinajstić information content (AvgIpc) is 2.82. The van der Waals surface area contributed by atoms with Crippen molar-refractivity contribution in [3.63, 3.8) is 0 Å². The van der Waals surface area contributed by atoms with Gasteiger partial charge in [0.15, 0.2) is 0 Å². The molecule has 0 atom stereocenters. The molecule has 0 unspecified atom stereocenters. The van der Waals surface area contributed by atoms with E-state index in [0.717, 1.165) is 11.1 Å². The van der Waals surface area contributed by atoms with Crippen LogP contribution in [0.2, 0.25) is 0 Å². The van der Waals surface area contributed by atoms with E-state index >= 15 is 0 Å². The van der Waals surface area contributed by atoms with Crippen molar-refractivity contribution in [3.05, 3.63) is 98.2 Å². The van der Waals surface area contributed by atoms with Crippen LogP contribution in [-0.2, 0) is 21.4 Å². The maximum absolute atomic E-state index is 13.1. The number of aromatic nitrogens is 2. The van der Waals surface area contributed by atoms with Crippen LogP contribution in [0, 0.1) is 20.8 Å². The lowest BCUT2D eigenvalue weighted by Crippen LogP contribution is -2.31. The van der Waals surface area contributed by atoms with Gasteiger partial charge in [-0.05, 0) is 62.2 Å². The lowest BCUT2D eigenvalue weighted by molar-refractivity contribution is -0.116. The predicted molar refractivity (Wildman–Crippen MR) is 140 cm³/mol. The average molecular weight is 507 g/mol. The van der Waals surface area contributed by atoms with E-state index in [1.807, 2.05) is 26.0 Å². The molecule has 3 N–H and O–H groups in total. The molecule has 0 aliphatic heterocycles. The number of hydrogen-bond donors (Lipinski definition) is 3. The fourth-order valence-electron chi connectivity index (χ4n) is 4.00. The van der Waals surface area contributed by atoms with E-state index in [0.29, 0.717) is 27.8 Å². The summed E-state index contributed by atoms with van der Waals surface area (Å²) in [6.45, 7) is 5.46. The molecule has 186 valence electrons. The number of rotatable bonds is 7. The van der Waals surface area contributed by atoms with E-state index in [9.17, 15) is 22.8 Å². The number of para-hydroxylation sites is 1. The number of carbonyl (C=O) groups excluding carboxylic acids is 1. The Morgan fingerprint density at radius 3 is 2.44 bits per heavy atom. The van der Waals surface area contributed by atoms with Crippen LogP contribution in [-0.4, -0.2) is 23.9 Å². The molecule has 0 saturated heterocycles. The number of hydrogen-bond acceptors (Lipinski definition) is 5. The maximum atomic E-state index is 13.1. The summed E-state index contributed by atoms with van der Waals surface area (Å²) in [7, 11) is -3.91. The molecule has 1 heterocycles. The normalized spacial score (nSPS) is 11.4. The van der Waals surface area contributed by atoms with Crippen molar-refractivity contribution < 1.29 is 13.2 Å². The molecule has 10 heteroatoms. The highest BCUT2D eigenvalue weighted by Gasteiger charge is 2.19. The van der Waals surface area contributed by atoms with Gasteiger partial charge in [0.25, 0.3) is 15.6 Å². The zero-order chi connectivity index (χ0) is 26.0. The van der Waals surface area contributed by atoms with Crippen LogP contribution in [0.4, 0.5) is 11.4 Å². The SMILES string of the molecule is Cc1ccc(NS(=O)(=O)c2cc(NC(=O)CCn3c(=O)[nH]c(=O)c4ccccc43)ccc2C)c(C)c1. The number of amides is 1. The molecular formula is C26H26N4O5S. The van der Waals surface area contributed by atoms with E-state index in [1.165, 1.54) is 10.6 Å². The van der Waals surface area contributed by atoms with E-state index in [1.54, 1.807) is 49.4 Å². The van der Waals surface area contributed by atoms with Gasteiger partial charge >= 0.3 is 5.69 Å². The molecule has 4 rings (SSSR count). The largest absolute Gasteiger partial charge is 0.328 e. The number of aromatic amines is 1. The third-order valence-corrected chi connectivity index (χ3v) is 7.36. The summed E-state index contributed by atoms with van der Waals surface area (Å²) in [6, 6.07) is 16.7. The number of anilines is 2. The van der Waals surface area contributed by atoms with Gasteiger partial charge < -0.3 is 5.32 Å². The summed E-state index contributed by atoms with van der Waals surface area (Å²) in [5.74, 6) is -0.410. The quantitative estimate of drug-likeness (QED) is 0.354. The number of aryl methyl sites for hydroxylation is 4. The molecule has 9 nitrogen and oxygen atoms in total. The summed E-state index contributed by atoms with van der Waals surface area (Å²) >= 11 is 0. The summed E-state index contributed by atoms with van der Waals surface area (Å²) < 4.78 is 30.2. The smallest absolute Gasteiger partial charge is 0.326 e. The molecule has 3 aromatic carbocycles. The van der Waals surface area contributed by atoms with Crippen molar-refractivity contribution in [2.24, 2.45) is 0 Å². The zero-order valence-corrected chi connectivity index (χ0v) is 20.9. The predicted octanol–water partition coefficient (Wildman–Crippen LogP) is 3.44. The van der Waals surface area contributed by atoms with Crippen LogP contribution in [0.25, 0.3) is 10.9 Å². The molecule has 0 aliphatic carbocycles. The minimum atomic E-state index is -3.91. The Hall–Kier alpha value is -4.18. The number of H-pyrrole nitrogens is 1. The third-order valence-electron chi connectivity index (χ3n) is 5.86. The maximum Gasteiger partial charge on any atom is 0.328 e. The highest BCUT2D eigenvalue weighted by molar-refractivity contribution is 7.92. The fraction of sp³-hybridized carbons (Fsp3) is 0.192. The molecule has 0 aliphatic rings. The Balaban J connectivity index is 1.52. The lowest BCUT2D eigenvalue weighted by atomic mass is 10.1. The van der Waals surface area contributed by atoms with Crippen LogP contribution in [0.15, 0.2) is 75.1 Å². The van der Waals surface area contributed by atoms with Gasteiger partial charge in [-0.2, -0.15) is 0 Å². The van der Waals surface area contributed by atoms with Gasteiger partial charge in [-0.1, -0.05) is 35.9 Å². The molecule has 0 bridgehead atoms. The standard InChI is InChI=1S/C26H26N4O5S/c1-16-8-11-21(18(3)14-16)29-36(34,35)23-15-19(10-9-17(23)2)27-24(31)12-13-30-22-7-5-4-6-20(22)25(32)28-26(30)33/h4-11,14-15,29H,12-13H2,1-3H3,(H,27,31)(H,28,32,33). The van der Waals surface area contributed by atoms with Crippen molar-refractivity contribution in [2.45, 2.75) is 38.6 Å².